The Labute approximate surface area is 109 Å². The van der Waals surface area contributed by atoms with Gasteiger partial charge < -0.3 is 10.6 Å². The van der Waals surface area contributed by atoms with Crippen LogP contribution in [0.2, 0.25) is 0 Å². The first-order valence-electron chi connectivity index (χ1n) is 6.80. The molecule has 0 aliphatic carbocycles. The predicted octanol–water partition coefficient (Wildman–Crippen LogP) is 1.74. The Balaban J connectivity index is 1.90. The first-order valence-corrected chi connectivity index (χ1v) is 6.80. The summed E-state index contributed by atoms with van der Waals surface area (Å²) in [5.74, 6) is 0.228. The lowest BCUT2D eigenvalue weighted by atomic mass is 10.0. The van der Waals surface area contributed by atoms with Crippen molar-refractivity contribution in [2.24, 2.45) is 5.73 Å². The molecule has 2 N–H and O–H groups in total. The molecular formula is C15H22N2O. The van der Waals surface area contributed by atoms with Gasteiger partial charge in [-0.05, 0) is 30.4 Å². The molecule has 1 fully saturated rings. The van der Waals surface area contributed by atoms with Gasteiger partial charge in [-0.25, -0.2) is 0 Å². The van der Waals surface area contributed by atoms with Gasteiger partial charge in [-0.2, -0.15) is 0 Å². The van der Waals surface area contributed by atoms with Crippen molar-refractivity contribution in [1.29, 1.82) is 0 Å². The van der Waals surface area contributed by atoms with Gasteiger partial charge in [0.05, 0.1) is 6.42 Å². The molecule has 0 unspecified atom stereocenters. The van der Waals surface area contributed by atoms with Crippen molar-refractivity contribution in [3.8, 4) is 0 Å². The number of nitrogens with zero attached hydrogens (tertiary/aromatic N) is 1. The molecule has 1 amide bonds. The smallest absolute Gasteiger partial charge is 0.226 e. The number of benzene rings is 1. The molecule has 0 radical (unpaired) electrons. The molecule has 1 aromatic rings. The number of aryl methyl sites for hydroxylation is 1. The minimum Gasteiger partial charge on any atom is -0.342 e. The minimum absolute atomic E-state index is 0.228. The summed E-state index contributed by atoms with van der Waals surface area (Å²) in [6.07, 6.45) is 3.42. The summed E-state index contributed by atoms with van der Waals surface area (Å²) in [7, 11) is 0. The van der Waals surface area contributed by atoms with Gasteiger partial charge in [0.1, 0.15) is 0 Å². The summed E-state index contributed by atoms with van der Waals surface area (Å²) in [4.78, 5) is 14.1. The maximum absolute atomic E-state index is 12.1. The largest absolute Gasteiger partial charge is 0.342 e. The van der Waals surface area contributed by atoms with Crippen molar-refractivity contribution >= 4 is 5.91 Å². The predicted molar refractivity (Wildman–Crippen MR) is 73.3 cm³/mol. The quantitative estimate of drug-likeness (QED) is 0.883. The lowest BCUT2D eigenvalue weighted by Crippen LogP contribution is -2.43. The molecule has 0 bridgehead atoms. The molecule has 2 rings (SSSR count). The zero-order valence-electron chi connectivity index (χ0n) is 11.1. The zero-order chi connectivity index (χ0) is 13.0. The van der Waals surface area contributed by atoms with E-state index in [1.54, 1.807) is 0 Å². The van der Waals surface area contributed by atoms with Gasteiger partial charge in [-0.3, -0.25) is 4.79 Å². The second-order valence-electron chi connectivity index (χ2n) is 5.07. The number of carbonyl (C=O) groups excluding carboxylic acids is 1. The number of piperidine rings is 1. The van der Waals surface area contributed by atoms with Crippen LogP contribution in [0.15, 0.2) is 24.3 Å². The molecule has 98 valence electrons. The fourth-order valence-electron chi connectivity index (χ4n) is 2.33. The van der Waals surface area contributed by atoms with E-state index in [0.29, 0.717) is 6.42 Å². The van der Waals surface area contributed by atoms with Crippen LogP contribution in [0.25, 0.3) is 0 Å². The van der Waals surface area contributed by atoms with Crippen LogP contribution >= 0.6 is 0 Å². The van der Waals surface area contributed by atoms with Gasteiger partial charge >= 0.3 is 0 Å². The molecule has 0 aromatic heterocycles. The van der Waals surface area contributed by atoms with E-state index in [9.17, 15) is 4.79 Å². The van der Waals surface area contributed by atoms with Gasteiger partial charge in [0, 0.05) is 19.1 Å². The Bertz CT molecular complexity index is 391. The Morgan fingerprint density at radius 2 is 1.78 bits per heavy atom. The van der Waals surface area contributed by atoms with Crippen molar-refractivity contribution in [1.82, 2.24) is 4.90 Å². The zero-order valence-corrected chi connectivity index (χ0v) is 11.1. The van der Waals surface area contributed by atoms with Crippen LogP contribution < -0.4 is 5.73 Å². The number of hydrogen-bond acceptors (Lipinski definition) is 2. The Kier molecular flexibility index (Phi) is 4.37. The van der Waals surface area contributed by atoms with Crippen LogP contribution in [0.4, 0.5) is 0 Å². The topological polar surface area (TPSA) is 46.3 Å². The number of hydrogen-bond donors (Lipinski definition) is 1. The third kappa shape index (κ3) is 3.33. The summed E-state index contributed by atoms with van der Waals surface area (Å²) in [5.41, 5.74) is 8.26. The Morgan fingerprint density at radius 3 is 2.33 bits per heavy atom. The molecule has 0 spiro atoms. The summed E-state index contributed by atoms with van der Waals surface area (Å²) in [6, 6.07) is 8.61. The van der Waals surface area contributed by atoms with Crippen LogP contribution in [0.5, 0.6) is 0 Å². The second kappa shape index (κ2) is 6.01. The lowest BCUT2D eigenvalue weighted by molar-refractivity contribution is -0.131. The number of likely N-dealkylation sites (tertiary alicyclic amines) is 1. The highest BCUT2D eigenvalue weighted by Crippen LogP contribution is 2.12. The van der Waals surface area contributed by atoms with Gasteiger partial charge in [0.25, 0.3) is 0 Å². The third-order valence-corrected chi connectivity index (χ3v) is 3.68. The highest BCUT2D eigenvalue weighted by Gasteiger charge is 2.20. The van der Waals surface area contributed by atoms with E-state index < -0.39 is 0 Å². The maximum atomic E-state index is 12.1. The summed E-state index contributed by atoms with van der Waals surface area (Å²) >= 11 is 0. The molecule has 1 aliphatic rings. The van der Waals surface area contributed by atoms with Crippen LogP contribution in [0.3, 0.4) is 0 Å². The fourth-order valence-corrected chi connectivity index (χ4v) is 2.33. The molecule has 1 saturated heterocycles. The van der Waals surface area contributed by atoms with E-state index in [0.717, 1.165) is 37.9 Å². The molecule has 0 atom stereocenters. The van der Waals surface area contributed by atoms with Crippen LogP contribution in [-0.4, -0.2) is 29.9 Å². The second-order valence-corrected chi connectivity index (χ2v) is 5.07. The van der Waals surface area contributed by atoms with Crippen LogP contribution in [0, 0.1) is 0 Å². The van der Waals surface area contributed by atoms with Crippen molar-refractivity contribution in [3.05, 3.63) is 35.4 Å². The van der Waals surface area contributed by atoms with E-state index in [1.807, 2.05) is 4.90 Å². The number of nitrogens with two attached hydrogens (primary N) is 1. The molecule has 3 heteroatoms. The van der Waals surface area contributed by atoms with Crippen LogP contribution in [0.1, 0.15) is 30.9 Å². The van der Waals surface area contributed by atoms with Crippen molar-refractivity contribution in [3.63, 3.8) is 0 Å². The summed E-state index contributed by atoms with van der Waals surface area (Å²) in [6.45, 7) is 3.76. The maximum Gasteiger partial charge on any atom is 0.226 e. The van der Waals surface area contributed by atoms with E-state index in [2.05, 4.69) is 31.2 Å². The number of amides is 1. The van der Waals surface area contributed by atoms with Gasteiger partial charge in [-0.1, -0.05) is 31.2 Å². The third-order valence-electron chi connectivity index (χ3n) is 3.68. The molecule has 3 nitrogen and oxygen atoms in total. The van der Waals surface area contributed by atoms with E-state index in [1.165, 1.54) is 5.56 Å². The molecule has 1 aromatic carbocycles. The lowest BCUT2D eigenvalue weighted by Gasteiger charge is -2.30. The molecule has 0 saturated carbocycles. The summed E-state index contributed by atoms with van der Waals surface area (Å²) in [5, 5.41) is 0. The summed E-state index contributed by atoms with van der Waals surface area (Å²) < 4.78 is 0. The molecule has 1 aliphatic heterocycles. The Morgan fingerprint density at radius 1 is 1.22 bits per heavy atom. The number of carbonyl (C=O) groups is 1. The highest BCUT2D eigenvalue weighted by atomic mass is 16.2. The van der Waals surface area contributed by atoms with E-state index in [4.69, 9.17) is 5.73 Å². The number of rotatable bonds is 3. The fraction of sp³-hybridized carbons (Fsp3) is 0.533. The van der Waals surface area contributed by atoms with Gasteiger partial charge in [0.15, 0.2) is 0 Å². The monoisotopic (exact) mass is 246 g/mol. The van der Waals surface area contributed by atoms with Crippen molar-refractivity contribution < 1.29 is 4.79 Å². The minimum atomic E-state index is 0.228. The van der Waals surface area contributed by atoms with E-state index >= 15 is 0 Å². The standard InChI is InChI=1S/C15H22N2O/c1-2-12-3-5-13(6-4-12)11-15(18)17-9-7-14(16)8-10-17/h3-6,14H,2,7-11,16H2,1H3. The van der Waals surface area contributed by atoms with Crippen molar-refractivity contribution in [2.75, 3.05) is 13.1 Å². The Hall–Kier alpha value is -1.35. The first kappa shape index (κ1) is 13.1. The average Bonchev–Trinajstić information content (AvgIpc) is 2.40. The SMILES string of the molecule is CCc1ccc(CC(=O)N2CCC(N)CC2)cc1. The molecule has 18 heavy (non-hydrogen) atoms. The molecule has 1 heterocycles. The first-order chi connectivity index (χ1) is 8.69. The van der Waals surface area contributed by atoms with Crippen molar-refractivity contribution in [2.45, 2.75) is 38.6 Å². The van der Waals surface area contributed by atoms with Gasteiger partial charge in [-0.15, -0.1) is 0 Å². The molecular weight excluding hydrogens is 224 g/mol. The average molecular weight is 246 g/mol. The van der Waals surface area contributed by atoms with Gasteiger partial charge in [0.2, 0.25) is 5.91 Å². The normalized spacial score (nSPS) is 16.9. The van der Waals surface area contributed by atoms with E-state index in [-0.39, 0.29) is 11.9 Å². The highest BCUT2D eigenvalue weighted by molar-refractivity contribution is 5.78. The van der Waals surface area contributed by atoms with Crippen LogP contribution in [-0.2, 0) is 17.6 Å².